The van der Waals surface area contributed by atoms with Gasteiger partial charge in [0.05, 0.1) is 12.3 Å². The molecule has 1 heterocycles. The van der Waals surface area contributed by atoms with Gasteiger partial charge in [-0.15, -0.1) is 16.8 Å². The fourth-order valence-electron chi connectivity index (χ4n) is 3.13. The number of carbonyl (C=O) groups excluding carboxylic acids is 2. The summed E-state index contributed by atoms with van der Waals surface area (Å²) in [6.45, 7) is 8.38. The normalized spacial score (nSPS) is 10.6. The van der Waals surface area contributed by atoms with Crippen LogP contribution >= 0.6 is 27.7 Å². The van der Waals surface area contributed by atoms with Crippen LogP contribution in [0.3, 0.4) is 0 Å². The molecule has 0 unspecified atom stereocenters. The summed E-state index contributed by atoms with van der Waals surface area (Å²) in [5.41, 5.74) is 3.37. The summed E-state index contributed by atoms with van der Waals surface area (Å²) in [5.74, 6) is 0.459. The number of nitrogens with zero attached hydrogens (tertiary/aromatic N) is 3. The number of amides is 2. The molecule has 32 heavy (non-hydrogen) atoms. The molecule has 3 rings (SSSR count). The van der Waals surface area contributed by atoms with Crippen molar-refractivity contribution in [3.8, 4) is 0 Å². The highest BCUT2D eigenvalue weighted by Crippen LogP contribution is 2.26. The van der Waals surface area contributed by atoms with Gasteiger partial charge in [-0.05, 0) is 49.2 Å². The Kier molecular flexibility index (Phi) is 8.24. The maximum atomic E-state index is 12.5. The molecule has 2 N–H and O–H groups in total. The van der Waals surface area contributed by atoms with Crippen LogP contribution in [0.4, 0.5) is 5.69 Å². The molecule has 2 aromatic carbocycles. The van der Waals surface area contributed by atoms with E-state index in [9.17, 15) is 9.59 Å². The van der Waals surface area contributed by atoms with E-state index in [-0.39, 0.29) is 24.1 Å². The van der Waals surface area contributed by atoms with Gasteiger partial charge >= 0.3 is 0 Å². The second-order valence-corrected chi connectivity index (χ2v) is 8.96. The number of anilines is 1. The molecule has 0 aliphatic rings. The van der Waals surface area contributed by atoms with E-state index in [4.69, 9.17) is 0 Å². The lowest BCUT2D eigenvalue weighted by Gasteiger charge is -2.12. The minimum Gasteiger partial charge on any atom is -0.345 e. The number of nitrogens with one attached hydrogen (secondary N) is 2. The van der Waals surface area contributed by atoms with E-state index >= 15 is 0 Å². The molecule has 0 aliphatic carbocycles. The van der Waals surface area contributed by atoms with Gasteiger partial charge in [0.15, 0.2) is 11.0 Å². The molecule has 0 fully saturated rings. The van der Waals surface area contributed by atoms with Crippen LogP contribution in [0.25, 0.3) is 0 Å². The molecule has 0 saturated carbocycles. The third-order valence-electron chi connectivity index (χ3n) is 4.64. The van der Waals surface area contributed by atoms with E-state index in [2.05, 4.69) is 43.3 Å². The molecule has 3 aromatic rings. The fraction of sp³-hybridized carbons (Fsp3) is 0.217. The van der Waals surface area contributed by atoms with Gasteiger partial charge in [0.1, 0.15) is 0 Å². The molecule has 0 spiro atoms. The molecule has 0 radical (unpaired) electrons. The molecule has 0 saturated heterocycles. The topological polar surface area (TPSA) is 88.9 Å². The van der Waals surface area contributed by atoms with Crippen molar-refractivity contribution in [1.29, 1.82) is 0 Å². The van der Waals surface area contributed by atoms with Crippen LogP contribution in [0.5, 0.6) is 0 Å². The van der Waals surface area contributed by atoms with Crippen molar-refractivity contribution < 1.29 is 9.59 Å². The lowest BCUT2D eigenvalue weighted by atomic mass is 10.1. The van der Waals surface area contributed by atoms with Crippen molar-refractivity contribution in [2.75, 3.05) is 11.1 Å². The van der Waals surface area contributed by atoms with Gasteiger partial charge in [-0.1, -0.05) is 52.0 Å². The van der Waals surface area contributed by atoms with Crippen molar-refractivity contribution in [2.24, 2.45) is 0 Å². The van der Waals surface area contributed by atoms with Crippen LogP contribution in [0, 0.1) is 13.8 Å². The van der Waals surface area contributed by atoms with Gasteiger partial charge in [0.25, 0.3) is 5.91 Å². The molecule has 0 aliphatic heterocycles. The number of aryl methyl sites for hydroxylation is 2. The number of thioether (sulfide) groups is 1. The van der Waals surface area contributed by atoms with Crippen LogP contribution < -0.4 is 10.6 Å². The Bertz CT molecular complexity index is 1110. The summed E-state index contributed by atoms with van der Waals surface area (Å²) in [4.78, 5) is 24.9. The summed E-state index contributed by atoms with van der Waals surface area (Å²) in [5, 5.41) is 14.8. The smallest absolute Gasteiger partial charge is 0.251 e. The monoisotopic (exact) mass is 513 g/mol. The Morgan fingerprint density at radius 3 is 2.50 bits per heavy atom. The highest BCUT2D eigenvalue weighted by molar-refractivity contribution is 9.10. The lowest BCUT2D eigenvalue weighted by Crippen LogP contribution is -2.24. The quantitative estimate of drug-likeness (QED) is 0.324. The van der Waals surface area contributed by atoms with Crippen molar-refractivity contribution >= 4 is 45.2 Å². The van der Waals surface area contributed by atoms with E-state index in [0.29, 0.717) is 23.1 Å². The van der Waals surface area contributed by atoms with Gasteiger partial charge in [-0.3, -0.25) is 9.59 Å². The van der Waals surface area contributed by atoms with Gasteiger partial charge in [-0.2, -0.15) is 0 Å². The minimum atomic E-state index is -0.187. The van der Waals surface area contributed by atoms with Crippen LogP contribution in [0.1, 0.15) is 27.3 Å². The first kappa shape index (κ1) is 23.7. The number of hydrogen-bond donors (Lipinski definition) is 2. The van der Waals surface area contributed by atoms with E-state index in [1.807, 2.05) is 48.7 Å². The summed E-state index contributed by atoms with van der Waals surface area (Å²) in [6, 6.07) is 12.9. The van der Waals surface area contributed by atoms with Crippen LogP contribution in [-0.2, 0) is 17.9 Å². The SMILES string of the molecule is C=CCn1c(CNC(=O)c2ccccc2)nnc1SCC(=O)Nc1c(C)cc(Br)cc1C. The maximum Gasteiger partial charge on any atom is 0.251 e. The van der Waals surface area contributed by atoms with Crippen molar-refractivity contribution in [1.82, 2.24) is 20.1 Å². The number of hydrogen-bond acceptors (Lipinski definition) is 5. The van der Waals surface area contributed by atoms with Crippen molar-refractivity contribution in [3.63, 3.8) is 0 Å². The van der Waals surface area contributed by atoms with E-state index in [1.165, 1.54) is 11.8 Å². The highest BCUT2D eigenvalue weighted by Gasteiger charge is 2.16. The predicted molar refractivity (Wildman–Crippen MR) is 131 cm³/mol. The van der Waals surface area contributed by atoms with Gasteiger partial charge in [-0.25, -0.2) is 0 Å². The molecule has 0 bridgehead atoms. The van der Waals surface area contributed by atoms with Gasteiger partial charge in [0, 0.05) is 22.3 Å². The average molecular weight is 514 g/mol. The van der Waals surface area contributed by atoms with Crippen LogP contribution in [0.15, 0.2) is 64.7 Å². The van der Waals surface area contributed by atoms with E-state index < -0.39 is 0 Å². The van der Waals surface area contributed by atoms with E-state index in [1.54, 1.807) is 18.2 Å². The average Bonchev–Trinajstić information content (AvgIpc) is 3.15. The summed E-state index contributed by atoms with van der Waals surface area (Å²) < 4.78 is 2.82. The number of aromatic nitrogens is 3. The second-order valence-electron chi connectivity index (χ2n) is 7.10. The first-order chi connectivity index (χ1) is 15.4. The summed E-state index contributed by atoms with van der Waals surface area (Å²) in [7, 11) is 0. The fourth-order valence-corrected chi connectivity index (χ4v) is 4.59. The number of carbonyl (C=O) groups is 2. The number of rotatable bonds is 9. The number of benzene rings is 2. The molecular weight excluding hydrogens is 490 g/mol. The number of allylic oxidation sites excluding steroid dienone is 1. The van der Waals surface area contributed by atoms with Crippen molar-refractivity contribution in [2.45, 2.75) is 32.1 Å². The zero-order chi connectivity index (χ0) is 23.1. The molecule has 1 aromatic heterocycles. The predicted octanol–water partition coefficient (Wildman–Crippen LogP) is 4.50. The lowest BCUT2D eigenvalue weighted by molar-refractivity contribution is -0.113. The molecular formula is C23H24BrN5O2S. The third kappa shape index (κ3) is 6.08. The standard InChI is InChI=1S/C23H24BrN5O2S/c1-4-10-29-19(13-25-22(31)17-8-6-5-7-9-17)27-28-23(29)32-14-20(30)26-21-15(2)11-18(24)12-16(21)3/h4-9,11-12H,1,10,13-14H2,2-3H3,(H,25,31)(H,26,30). The first-order valence-corrected chi connectivity index (χ1v) is 11.7. The van der Waals surface area contributed by atoms with Crippen LogP contribution in [-0.4, -0.2) is 32.3 Å². The maximum absolute atomic E-state index is 12.5. The van der Waals surface area contributed by atoms with Gasteiger partial charge in [0.2, 0.25) is 5.91 Å². The third-order valence-corrected chi connectivity index (χ3v) is 6.07. The Morgan fingerprint density at radius 2 is 1.84 bits per heavy atom. The Balaban J connectivity index is 1.63. The second kappa shape index (κ2) is 11.1. The van der Waals surface area contributed by atoms with Crippen molar-refractivity contribution in [3.05, 3.63) is 82.1 Å². The Labute approximate surface area is 199 Å². The van der Waals surface area contributed by atoms with E-state index in [0.717, 1.165) is 21.3 Å². The highest BCUT2D eigenvalue weighted by atomic mass is 79.9. The largest absolute Gasteiger partial charge is 0.345 e. The first-order valence-electron chi connectivity index (χ1n) is 9.94. The number of halogens is 1. The molecule has 2 amide bonds. The zero-order valence-corrected chi connectivity index (χ0v) is 20.3. The van der Waals surface area contributed by atoms with Gasteiger partial charge < -0.3 is 15.2 Å². The molecule has 7 nitrogen and oxygen atoms in total. The summed E-state index contributed by atoms with van der Waals surface area (Å²) in [6.07, 6.45) is 1.73. The minimum absolute atomic E-state index is 0.129. The molecule has 0 atom stereocenters. The zero-order valence-electron chi connectivity index (χ0n) is 17.9. The summed E-state index contributed by atoms with van der Waals surface area (Å²) >= 11 is 4.75. The van der Waals surface area contributed by atoms with Crippen LogP contribution in [0.2, 0.25) is 0 Å². The Morgan fingerprint density at radius 1 is 1.16 bits per heavy atom. The molecule has 9 heteroatoms. The Hall–Kier alpha value is -2.91. The molecule has 166 valence electrons.